The topological polar surface area (TPSA) is 91.8 Å². The summed E-state index contributed by atoms with van der Waals surface area (Å²) in [5.41, 5.74) is 1.35. The Morgan fingerprint density at radius 3 is 2.80 bits per heavy atom. The predicted molar refractivity (Wildman–Crippen MR) is 77.3 cm³/mol. The zero-order valence-electron chi connectivity index (χ0n) is 11.0. The van der Waals surface area contributed by atoms with Crippen molar-refractivity contribution in [2.45, 2.75) is 19.8 Å². The van der Waals surface area contributed by atoms with Crippen molar-refractivity contribution < 1.29 is 4.92 Å². The van der Waals surface area contributed by atoms with E-state index in [0.717, 1.165) is 5.69 Å². The number of hydrogen-bond donors (Lipinski definition) is 1. The number of anilines is 2. The van der Waals surface area contributed by atoms with E-state index in [-0.39, 0.29) is 11.3 Å². The van der Waals surface area contributed by atoms with E-state index in [1.165, 1.54) is 23.5 Å². The molecule has 0 saturated heterocycles. The van der Waals surface area contributed by atoms with Gasteiger partial charge in [-0.15, -0.1) is 11.3 Å². The summed E-state index contributed by atoms with van der Waals surface area (Å²) in [5.74, 6) is 0.331. The first kappa shape index (κ1) is 14.0. The van der Waals surface area contributed by atoms with E-state index in [0.29, 0.717) is 16.7 Å². The van der Waals surface area contributed by atoms with Crippen molar-refractivity contribution in [2.75, 3.05) is 5.32 Å². The van der Waals surface area contributed by atoms with Gasteiger partial charge >= 0.3 is 0 Å². The molecule has 0 spiro atoms. The third kappa shape index (κ3) is 2.92. The molecule has 0 aliphatic rings. The molecule has 7 heteroatoms. The number of aromatic nitrogens is 1. The van der Waals surface area contributed by atoms with Crippen LogP contribution in [0.3, 0.4) is 0 Å². The largest absolute Gasteiger partial charge is 0.331 e. The van der Waals surface area contributed by atoms with E-state index in [9.17, 15) is 10.1 Å². The minimum atomic E-state index is -0.564. The second kappa shape index (κ2) is 5.67. The zero-order chi connectivity index (χ0) is 14.7. The molecule has 0 aliphatic carbocycles. The summed E-state index contributed by atoms with van der Waals surface area (Å²) < 4.78 is 0. The third-order valence-corrected chi connectivity index (χ3v) is 3.46. The SMILES string of the molecule is CC(C)c1csc(Nc2ccc(C#N)c([N+](=O)[O-])c2)n1. The summed E-state index contributed by atoms with van der Waals surface area (Å²) in [5, 5.41) is 25.4. The Morgan fingerprint density at radius 2 is 2.25 bits per heavy atom. The molecule has 102 valence electrons. The van der Waals surface area contributed by atoms with Gasteiger partial charge in [-0.2, -0.15) is 5.26 Å². The highest BCUT2D eigenvalue weighted by atomic mass is 32.1. The smallest absolute Gasteiger partial charge is 0.289 e. The highest BCUT2D eigenvalue weighted by Gasteiger charge is 2.15. The number of nitro groups is 1. The van der Waals surface area contributed by atoms with Gasteiger partial charge in [0, 0.05) is 17.1 Å². The Labute approximate surface area is 119 Å². The Balaban J connectivity index is 2.27. The molecule has 2 rings (SSSR count). The highest BCUT2D eigenvalue weighted by Crippen LogP contribution is 2.28. The van der Waals surface area contributed by atoms with Crippen molar-refractivity contribution in [1.29, 1.82) is 5.26 Å². The van der Waals surface area contributed by atoms with Gasteiger partial charge in [0.1, 0.15) is 11.6 Å². The van der Waals surface area contributed by atoms with E-state index in [2.05, 4.69) is 10.3 Å². The van der Waals surface area contributed by atoms with E-state index in [1.54, 1.807) is 12.1 Å². The Morgan fingerprint density at radius 1 is 1.50 bits per heavy atom. The fourth-order valence-electron chi connectivity index (χ4n) is 1.59. The molecule has 0 aliphatic heterocycles. The standard InChI is InChI=1S/C13H12N4O2S/c1-8(2)11-7-20-13(16-11)15-10-4-3-9(6-14)12(5-10)17(18)19/h3-5,7-8H,1-2H3,(H,15,16). The monoisotopic (exact) mass is 288 g/mol. The summed E-state index contributed by atoms with van der Waals surface area (Å²) in [6.45, 7) is 4.09. The van der Waals surface area contributed by atoms with Gasteiger partial charge in [0.2, 0.25) is 0 Å². The van der Waals surface area contributed by atoms with Gasteiger partial charge in [-0.3, -0.25) is 10.1 Å². The second-order valence-corrected chi connectivity index (χ2v) is 5.32. The number of nitro benzene ring substituents is 1. The number of nitrogens with one attached hydrogen (secondary N) is 1. The molecule has 0 atom stereocenters. The van der Waals surface area contributed by atoms with Crippen LogP contribution in [0.5, 0.6) is 0 Å². The Kier molecular flexibility index (Phi) is 3.96. The fourth-order valence-corrected chi connectivity index (χ4v) is 2.48. The highest BCUT2D eigenvalue weighted by molar-refractivity contribution is 7.13. The van der Waals surface area contributed by atoms with Crippen LogP contribution in [-0.2, 0) is 0 Å². The quantitative estimate of drug-likeness (QED) is 0.682. The van der Waals surface area contributed by atoms with Crippen molar-refractivity contribution in [3.05, 3.63) is 45.0 Å². The van der Waals surface area contributed by atoms with Gasteiger partial charge in [-0.1, -0.05) is 13.8 Å². The minimum Gasteiger partial charge on any atom is -0.331 e. The van der Waals surface area contributed by atoms with E-state index in [1.807, 2.05) is 19.2 Å². The fraction of sp³-hybridized carbons (Fsp3) is 0.231. The molecular formula is C13H12N4O2S. The van der Waals surface area contributed by atoms with Crippen LogP contribution >= 0.6 is 11.3 Å². The van der Waals surface area contributed by atoms with Gasteiger partial charge in [-0.05, 0) is 18.1 Å². The van der Waals surface area contributed by atoms with Gasteiger partial charge in [-0.25, -0.2) is 4.98 Å². The molecule has 1 N–H and O–H groups in total. The number of rotatable bonds is 4. The average molecular weight is 288 g/mol. The van der Waals surface area contributed by atoms with Crippen LogP contribution in [0, 0.1) is 21.4 Å². The molecule has 0 fully saturated rings. The molecule has 1 heterocycles. The first-order chi connectivity index (χ1) is 9.51. The molecule has 20 heavy (non-hydrogen) atoms. The van der Waals surface area contributed by atoms with Crippen molar-refractivity contribution in [2.24, 2.45) is 0 Å². The van der Waals surface area contributed by atoms with Crippen LogP contribution in [0.2, 0.25) is 0 Å². The summed E-state index contributed by atoms with van der Waals surface area (Å²) in [6, 6.07) is 6.20. The first-order valence-electron chi connectivity index (χ1n) is 5.92. The minimum absolute atomic E-state index is 0.0440. The van der Waals surface area contributed by atoms with Crippen LogP contribution in [0.15, 0.2) is 23.6 Å². The number of hydrogen-bond acceptors (Lipinski definition) is 6. The number of thiazole rings is 1. The maximum Gasteiger partial charge on any atom is 0.289 e. The van der Waals surface area contributed by atoms with Crippen LogP contribution in [0.25, 0.3) is 0 Å². The second-order valence-electron chi connectivity index (χ2n) is 4.46. The van der Waals surface area contributed by atoms with Gasteiger partial charge in [0.15, 0.2) is 5.13 Å². The maximum absolute atomic E-state index is 10.9. The molecule has 0 saturated carbocycles. The third-order valence-electron chi connectivity index (χ3n) is 2.68. The maximum atomic E-state index is 10.9. The number of benzene rings is 1. The molecule has 0 amide bonds. The first-order valence-corrected chi connectivity index (χ1v) is 6.80. The average Bonchev–Trinajstić information content (AvgIpc) is 2.87. The van der Waals surface area contributed by atoms with Crippen molar-refractivity contribution in [3.63, 3.8) is 0 Å². The van der Waals surface area contributed by atoms with Crippen LogP contribution in [0.4, 0.5) is 16.5 Å². The van der Waals surface area contributed by atoms with Crippen LogP contribution in [-0.4, -0.2) is 9.91 Å². The summed E-state index contributed by atoms with van der Waals surface area (Å²) in [6.07, 6.45) is 0. The lowest BCUT2D eigenvalue weighted by molar-refractivity contribution is -0.385. The molecule has 0 unspecified atom stereocenters. The molecular weight excluding hydrogens is 276 g/mol. The molecule has 2 aromatic rings. The van der Waals surface area contributed by atoms with E-state index < -0.39 is 4.92 Å². The predicted octanol–water partition coefficient (Wildman–Crippen LogP) is 3.79. The Hall–Kier alpha value is -2.46. The van der Waals surface area contributed by atoms with Gasteiger partial charge in [0.25, 0.3) is 5.69 Å². The lowest BCUT2D eigenvalue weighted by Gasteiger charge is -2.03. The molecule has 6 nitrogen and oxygen atoms in total. The lowest BCUT2D eigenvalue weighted by atomic mass is 10.2. The molecule has 0 radical (unpaired) electrons. The van der Waals surface area contributed by atoms with E-state index >= 15 is 0 Å². The molecule has 1 aromatic heterocycles. The lowest BCUT2D eigenvalue weighted by Crippen LogP contribution is -1.96. The Bertz CT molecular complexity index is 688. The summed E-state index contributed by atoms with van der Waals surface area (Å²) in [7, 11) is 0. The van der Waals surface area contributed by atoms with E-state index in [4.69, 9.17) is 5.26 Å². The molecule has 0 bridgehead atoms. The summed E-state index contributed by atoms with van der Waals surface area (Å²) >= 11 is 1.44. The summed E-state index contributed by atoms with van der Waals surface area (Å²) in [4.78, 5) is 14.7. The van der Waals surface area contributed by atoms with Crippen molar-refractivity contribution in [3.8, 4) is 6.07 Å². The van der Waals surface area contributed by atoms with Crippen LogP contribution < -0.4 is 5.32 Å². The van der Waals surface area contributed by atoms with Crippen LogP contribution in [0.1, 0.15) is 31.0 Å². The zero-order valence-corrected chi connectivity index (χ0v) is 11.8. The number of nitrogens with zero attached hydrogens (tertiary/aromatic N) is 3. The van der Waals surface area contributed by atoms with Gasteiger partial charge < -0.3 is 5.32 Å². The van der Waals surface area contributed by atoms with Crippen molar-refractivity contribution >= 4 is 27.8 Å². The van der Waals surface area contributed by atoms with Crippen molar-refractivity contribution in [1.82, 2.24) is 4.98 Å². The number of nitriles is 1. The van der Waals surface area contributed by atoms with Gasteiger partial charge in [0.05, 0.1) is 10.6 Å². The normalized spacial score (nSPS) is 10.3. The molecule has 1 aromatic carbocycles.